The summed E-state index contributed by atoms with van der Waals surface area (Å²) in [7, 11) is 1.51. The first-order valence-corrected chi connectivity index (χ1v) is 7.25. The van der Waals surface area contributed by atoms with Crippen molar-refractivity contribution < 1.29 is 19.1 Å². The lowest BCUT2D eigenvalue weighted by Gasteiger charge is -2.11. The van der Waals surface area contributed by atoms with Gasteiger partial charge in [-0.15, -0.1) is 0 Å². The minimum Gasteiger partial charge on any atom is -0.495 e. The van der Waals surface area contributed by atoms with E-state index in [2.05, 4.69) is 5.32 Å². The molecule has 0 unspecified atom stereocenters. The molecule has 0 aliphatic rings. The number of carbonyl (C=O) groups is 2. The maximum absolute atomic E-state index is 11.9. The van der Waals surface area contributed by atoms with Crippen LogP contribution in [0.25, 0.3) is 0 Å². The second-order valence-electron chi connectivity index (χ2n) is 4.74. The SMILES string of the molecule is COc1ccc(NC(=O)COc2ccccc2C(C)=O)cc1Cl. The van der Waals surface area contributed by atoms with Gasteiger partial charge in [-0.3, -0.25) is 9.59 Å². The molecule has 23 heavy (non-hydrogen) atoms. The molecule has 120 valence electrons. The van der Waals surface area contributed by atoms with Crippen LogP contribution in [0.2, 0.25) is 5.02 Å². The molecule has 0 saturated heterocycles. The molecule has 2 aromatic carbocycles. The van der Waals surface area contributed by atoms with Gasteiger partial charge in [0.1, 0.15) is 11.5 Å². The zero-order valence-electron chi connectivity index (χ0n) is 12.8. The van der Waals surface area contributed by atoms with E-state index >= 15 is 0 Å². The van der Waals surface area contributed by atoms with Crippen molar-refractivity contribution in [3.05, 3.63) is 53.1 Å². The molecule has 0 spiro atoms. The summed E-state index contributed by atoms with van der Waals surface area (Å²) in [6, 6.07) is 11.7. The summed E-state index contributed by atoms with van der Waals surface area (Å²) in [6.45, 7) is 1.23. The van der Waals surface area contributed by atoms with E-state index in [4.69, 9.17) is 21.1 Å². The number of rotatable bonds is 6. The lowest BCUT2D eigenvalue weighted by atomic mass is 10.1. The van der Waals surface area contributed by atoms with E-state index in [0.29, 0.717) is 27.8 Å². The van der Waals surface area contributed by atoms with Gasteiger partial charge in [-0.1, -0.05) is 23.7 Å². The number of ether oxygens (including phenoxy) is 2. The van der Waals surface area contributed by atoms with Crippen LogP contribution in [-0.4, -0.2) is 25.4 Å². The van der Waals surface area contributed by atoms with E-state index in [0.717, 1.165) is 0 Å². The highest BCUT2D eigenvalue weighted by atomic mass is 35.5. The summed E-state index contributed by atoms with van der Waals surface area (Å²) in [6.07, 6.45) is 0. The molecule has 0 bridgehead atoms. The molecule has 5 nitrogen and oxygen atoms in total. The van der Waals surface area contributed by atoms with Gasteiger partial charge >= 0.3 is 0 Å². The maximum Gasteiger partial charge on any atom is 0.262 e. The van der Waals surface area contributed by atoms with Crippen LogP contribution < -0.4 is 14.8 Å². The average molecular weight is 334 g/mol. The Balaban J connectivity index is 1.98. The van der Waals surface area contributed by atoms with Crippen LogP contribution in [-0.2, 0) is 4.79 Å². The average Bonchev–Trinajstić information content (AvgIpc) is 2.53. The molecule has 0 aliphatic carbocycles. The van der Waals surface area contributed by atoms with E-state index < -0.39 is 0 Å². The van der Waals surface area contributed by atoms with E-state index in [9.17, 15) is 9.59 Å². The highest BCUT2D eigenvalue weighted by Crippen LogP contribution is 2.27. The van der Waals surface area contributed by atoms with Crippen molar-refractivity contribution in [3.8, 4) is 11.5 Å². The predicted octanol–water partition coefficient (Wildman–Crippen LogP) is 3.57. The summed E-state index contributed by atoms with van der Waals surface area (Å²) in [5.74, 6) is 0.423. The van der Waals surface area contributed by atoms with E-state index in [-0.39, 0.29) is 18.3 Å². The van der Waals surface area contributed by atoms with Gasteiger partial charge in [0.2, 0.25) is 0 Å². The summed E-state index contributed by atoms with van der Waals surface area (Å²) < 4.78 is 10.5. The number of halogens is 1. The second-order valence-corrected chi connectivity index (χ2v) is 5.15. The molecule has 2 rings (SSSR count). The van der Waals surface area contributed by atoms with Crippen molar-refractivity contribution in [1.29, 1.82) is 0 Å². The number of Topliss-reactive ketones (excluding diaryl/α,β-unsaturated/α-hetero) is 1. The number of hydrogen-bond donors (Lipinski definition) is 1. The topological polar surface area (TPSA) is 64.6 Å². The zero-order valence-corrected chi connectivity index (χ0v) is 13.5. The number of amides is 1. The molecule has 2 aromatic rings. The third kappa shape index (κ3) is 4.47. The monoisotopic (exact) mass is 333 g/mol. The van der Waals surface area contributed by atoms with Crippen LogP contribution in [0.5, 0.6) is 11.5 Å². The molecule has 1 amide bonds. The first-order valence-electron chi connectivity index (χ1n) is 6.87. The fourth-order valence-corrected chi connectivity index (χ4v) is 2.23. The number of anilines is 1. The van der Waals surface area contributed by atoms with E-state index in [1.54, 1.807) is 42.5 Å². The lowest BCUT2D eigenvalue weighted by Crippen LogP contribution is -2.20. The number of hydrogen-bond acceptors (Lipinski definition) is 4. The maximum atomic E-state index is 11.9. The van der Waals surface area contributed by atoms with Gasteiger partial charge in [0.15, 0.2) is 12.4 Å². The Morgan fingerprint density at radius 3 is 2.52 bits per heavy atom. The summed E-state index contributed by atoms with van der Waals surface area (Å²) in [5, 5.41) is 3.06. The molecule has 0 fully saturated rings. The molecule has 0 radical (unpaired) electrons. The Labute approximate surface area is 139 Å². The van der Waals surface area contributed by atoms with E-state index in [1.807, 2.05) is 0 Å². The molecular weight excluding hydrogens is 318 g/mol. The summed E-state index contributed by atoms with van der Waals surface area (Å²) in [4.78, 5) is 23.4. The van der Waals surface area contributed by atoms with Gasteiger partial charge in [-0.05, 0) is 37.3 Å². The zero-order chi connectivity index (χ0) is 16.8. The van der Waals surface area contributed by atoms with Gasteiger partial charge in [-0.2, -0.15) is 0 Å². The largest absolute Gasteiger partial charge is 0.495 e. The highest BCUT2D eigenvalue weighted by molar-refractivity contribution is 6.32. The van der Waals surface area contributed by atoms with Crippen molar-refractivity contribution in [2.75, 3.05) is 19.0 Å². The molecule has 0 heterocycles. The smallest absolute Gasteiger partial charge is 0.262 e. The van der Waals surface area contributed by atoms with Gasteiger partial charge < -0.3 is 14.8 Å². The predicted molar refractivity (Wildman–Crippen MR) is 88.6 cm³/mol. The number of ketones is 1. The Bertz CT molecular complexity index is 730. The minimum absolute atomic E-state index is 0.122. The number of methoxy groups -OCH3 is 1. The Morgan fingerprint density at radius 2 is 1.87 bits per heavy atom. The van der Waals surface area contributed by atoms with Crippen LogP contribution in [0.15, 0.2) is 42.5 Å². The molecule has 0 atom stereocenters. The van der Waals surface area contributed by atoms with Gasteiger partial charge in [0.05, 0.1) is 17.7 Å². The van der Waals surface area contributed by atoms with E-state index in [1.165, 1.54) is 14.0 Å². The standard InChI is InChI=1S/C17H16ClNO4/c1-11(20)13-5-3-4-6-15(13)23-10-17(21)19-12-7-8-16(22-2)14(18)9-12/h3-9H,10H2,1-2H3,(H,19,21). The van der Waals surface area contributed by atoms with Crippen molar-refractivity contribution in [2.24, 2.45) is 0 Å². The fourth-order valence-electron chi connectivity index (χ4n) is 1.97. The second kappa shape index (κ2) is 7.65. The molecule has 0 saturated carbocycles. The summed E-state index contributed by atoms with van der Waals surface area (Å²) in [5.41, 5.74) is 0.969. The lowest BCUT2D eigenvalue weighted by molar-refractivity contribution is -0.118. The molecule has 1 N–H and O–H groups in total. The van der Waals surface area contributed by atoms with Crippen LogP contribution in [0, 0.1) is 0 Å². The third-order valence-corrected chi connectivity index (χ3v) is 3.36. The van der Waals surface area contributed by atoms with Crippen molar-refractivity contribution in [1.82, 2.24) is 0 Å². The molecular formula is C17H16ClNO4. The highest BCUT2D eigenvalue weighted by Gasteiger charge is 2.10. The molecule has 0 aliphatic heterocycles. The van der Waals surface area contributed by atoms with Crippen molar-refractivity contribution in [2.45, 2.75) is 6.92 Å². The quantitative estimate of drug-likeness (QED) is 0.821. The van der Waals surface area contributed by atoms with Crippen LogP contribution in [0.3, 0.4) is 0 Å². The van der Waals surface area contributed by atoms with Gasteiger partial charge in [0.25, 0.3) is 5.91 Å². The number of benzene rings is 2. The van der Waals surface area contributed by atoms with Crippen LogP contribution in [0.4, 0.5) is 5.69 Å². The Hall–Kier alpha value is -2.53. The van der Waals surface area contributed by atoms with Crippen molar-refractivity contribution >= 4 is 29.0 Å². The van der Waals surface area contributed by atoms with Crippen molar-refractivity contribution in [3.63, 3.8) is 0 Å². The first kappa shape index (κ1) is 16.8. The Kier molecular flexibility index (Phi) is 5.60. The number of para-hydroxylation sites is 1. The van der Waals surface area contributed by atoms with Gasteiger partial charge in [0, 0.05) is 5.69 Å². The number of nitrogens with one attached hydrogen (secondary N) is 1. The normalized spacial score (nSPS) is 10.0. The third-order valence-electron chi connectivity index (χ3n) is 3.06. The fraction of sp³-hybridized carbons (Fsp3) is 0.176. The number of carbonyl (C=O) groups excluding carboxylic acids is 2. The molecule has 6 heteroatoms. The minimum atomic E-state index is -0.357. The first-order chi connectivity index (χ1) is 11.0. The van der Waals surface area contributed by atoms with Crippen LogP contribution >= 0.6 is 11.6 Å². The van der Waals surface area contributed by atoms with Crippen LogP contribution in [0.1, 0.15) is 17.3 Å². The Morgan fingerprint density at radius 1 is 1.13 bits per heavy atom. The van der Waals surface area contributed by atoms with Gasteiger partial charge in [-0.25, -0.2) is 0 Å². The summed E-state index contributed by atoms with van der Waals surface area (Å²) >= 11 is 6.00. The molecule has 0 aromatic heterocycles.